The van der Waals surface area contributed by atoms with Crippen molar-refractivity contribution in [3.63, 3.8) is 0 Å². The molecule has 3 heterocycles. The van der Waals surface area contributed by atoms with Crippen LogP contribution in [-0.2, 0) is 5.54 Å². The number of anilines is 3. The molecule has 0 aliphatic carbocycles. The van der Waals surface area contributed by atoms with Crippen LogP contribution in [0.2, 0.25) is 0 Å². The fourth-order valence-electron chi connectivity index (χ4n) is 9.12. The third kappa shape index (κ3) is 6.59. The van der Waals surface area contributed by atoms with Crippen LogP contribution in [0.1, 0.15) is 82.6 Å². The maximum atomic E-state index is 5.11. The highest BCUT2D eigenvalue weighted by Crippen LogP contribution is 2.43. The Morgan fingerprint density at radius 1 is 0.576 bits per heavy atom. The van der Waals surface area contributed by atoms with Gasteiger partial charge in [-0.3, -0.25) is 4.57 Å². The summed E-state index contributed by atoms with van der Waals surface area (Å²) in [7, 11) is 0. The molecule has 5 nitrogen and oxygen atoms in total. The van der Waals surface area contributed by atoms with Gasteiger partial charge in [-0.1, -0.05) is 88.4 Å². The van der Waals surface area contributed by atoms with E-state index in [4.69, 9.17) is 4.98 Å². The molecule has 0 aliphatic rings. The second kappa shape index (κ2) is 14.7. The van der Waals surface area contributed by atoms with Gasteiger partial charge in [-0.05, 0) is 134 Å². The Morgan fingerprint density at radius 2 is 1.19 bits per heavy atom. The standard InChI is InChI=1S/C54H54N5/c1-35(2)43-22-16-23-44(36(3)4)52(43)39-29-30-55-51(31-39)59-47-24-11-10-21-45(47)46-28-27-42(33-50(46)59)58(53-37(5)17-14-18-38(53)6)41-20-15-19-40(32-41)56-34-57(54(7,8)9)49-26-13-12-25-48(49)56/h10-36H,1-9H3/q+1. The average Bonchev–Trinajstić information content (AvgIpc) is 3.79. The second-order valence-corrected chi connectivity index (χ2v) is 17.7. The van der Waals surface area contributed by atoms with E-state index in [0.29, 0.717) is 11.8 Å². The molecule has 0 saturated carbocycles. The first-order valence-electron chi connectivity index (χ1n) is 21.0. The van der Waals surface area contributed by atoms with Crippen molar-refractivity contribution in [3.8, 4) is 22.6 Å². The first kappa shape index (κ1) is 38.1. The lowest BCUT2D eigenvalue weighted by molar-refractivity contribution is 0.406. The number of para-hydroxylation sites is 4. The highest BCUT2D eigenvalue weighted by atomic mass is 15.2. The molecule has 3 aromatic heterocycles. The number of rotatable bonds is 8. The second-order valence-electron chi connectivity index (χ2n) is 17.7. The highest BCUT2D eigenvalue weighted by Gasteiger charge is 2.26. The topological polar surface area (TPSA) is 30.9 Å². The minimum absolute atomic E-state index is 0.0798. The van der Waals surface area contributed by atoms with E-state index in [2.05, 4.69) is 227 Å². The number of fused-ring (bicyclic) bond motifs is 4. The van der Waals surface area contributed by atoms with Gasteiger partial charge in [0.1, 0.15) is 11.5 Å². The lowest BCUT2D eigenvalue weighted by atomic mass is 9.85. The third-order valence-corrected chi connectivity index (χ3v) is 11.9. The van der Waals surface area contributed by atoms with Gasteiger partial charge in [0.15, 0.2) is 17.4 Å². The normalized spacial score (nSPS) is 12.1. The van der Waals surface area contributed by atoms with Crippen LogP contribution in [0.25, 0.3) is 55.5 Å². The maximum Gasteiger partial charge on any atom is 0.191 e. The summed E-state index contributed by atoms with van der Waals surface area (Å²) >= 11 is 0. The van der Waals surface area contributed by atoms with Crippen LogP contribution in [0.5, 0.6) is 0 Å². The summed E-state index contributed by atoms with van der Waals surface area (Å²) in [6.45, 7) is 20.4. The lowest BCUT2D eigenvalue weighted by Crippen LogP contribution is -2.20. The molecule has 9 rings (SSSR count). The van der Waals surface area contributed by atoms with Gasteiger partial charge in [-0.15, -0.1) is 0 Å². The molecule has 0 unspecified atom stereocenters. The molecule has 0 bridgehead atoms. The van der Waals surface area contributed by atoms with Gasteiger partial charge in [0.05, 0.1) is 27.9 Å². The van der Waals surface area contributed by atoms with Crippen LogP contribution in [0.15, 0.2) is 152 Å². The zero-order valence-electron chi connectivity index (χ0n) is 35.8. The van der Waals surface area contributed by atoms with Crippen LogP contribution in [-0.4, -0.2) is 18.7 Å². The Morgan fingerprint density at radius 3 is 1.88 bits per heavy atom. The molecule has 294 valence electrons. The number of hydrogen-bond donors (Lipinski definition) is 0. The number of hydrogen-bond acceptors (Lipinski definition) is 2. The van der Waals surface area contributed by atoms with E-state index in [1.807, 2.05) is 6.20 Å². The quantitative estimate of drug-likeness (QED) is 0.144. The van der Waals surface area contributed by atoms with E-state index in [-0.39, 0.29) is 5.54 Å². The van der Waals surface area contributed by atoms with Crippen LogP contribution in [0, 0.1) is 13.8 Å². The minimum atomic E-state index is -0.0798. The molecule has 0 spiro atoms. The Hall–Kier alpha value is -6.46. The van der Waals surface area contributed by atoms with E-state index in [1.165, 1.54) is 60.9 Å². The lowest BCUT2D eigenvalue weighted by Gasteiger charge is -2.29. The maximum absolute atomic E-state index is 5.11. The summed E-state index contributed by atoms with van der Waals surface area (Å²) in [5.74, 6) is 1.69. The van der Waals surface area contributed by atoms with Gasteiger partial charge in [0.25, 0.3) is 0 Å². The number of aryl methyl sites for hydroxylation is 2. The van der Waals surface area contributed by atoms with Gasteiger partial charge in [-0.2, -0.15) is 4.57 Å². The Bertz CT molecular complexity index is 2980. The predicted molar refractivity (Wildman–Crippen MR) is 251 cm³/mol. The van der Waals surface area contributed by atoms with Crippen molar-refractivity contribution in [1.29, 1.82) is 0 Å². The van der Waals surface area contributed by atoms with Gasteiger partial charge >= 0.3 is 0 Å². The van der Waals surface area contributed by atoms with Crippen molar-refractivity contribution in [2.24, 2.45) is 0 Å². The molecular formula is C54H54N5+. The number of nitrogens with zero attached hydrogens (tertiary/aromatic N) is 5. The highest BCUT2D eigenvalue weighted by molar-refractivity contribution is 6.10. The van der Waals surface area contributed by atoms with Gasteiger partial charge in [-0.25, -0.2) is 9.55 Å². The van der Waals surface area contributed by atoms with Crippen molar-refractivity contribution in [3.05, 3.63) is 174 Å². The minimum Gasteiger partial charge on any atom is -0.309 e. The molecule has 0 aliphatic heterocycles. The smallest absolute Gasteiger partial charge is 0.191 e. The summed E-state index contributed by atoms with van der Waals surface area (Å²) in [6, 6.07) is 51.2. The fourth-order valence-corrected chi connectivity index (χ4v) is 9.12. The molecule has 0 fully saturated rings. The SMILES string of the molecule is Cc1cccc(C)c1N(c1cccc(-n2[cH+]n(C(C)(C)C)c3ccccc32)c1)c1ccc2c3ccccc3n(-c3cc(-c4c(C(C)C)cccc4C(C)C)ccn3)c2c1. The van der Waals surface area contributed by atoms with Crippen molar-refractivity contribution in [2.45, 2.75) is 79.7 Å². The third-order valence-electron chi connectivity index (χ3n) is 11.9. The van der Waals surface area contributed by atoms with Gasteiger partial charge in [0.2, 0.25) is 0 Å². The molecule has 6 aromatic carbocycles. The van der Waals surface area contributed by atoms with Crippen LogP contribution >= 0.6 is 0 Å². The summed E-state index contributed by atoms with van der Waals surface area (Å²) < 4.78 is 7.06. The average molecular weight is 773 g/mol. The number of aromatic nitrogens is 4. The van der Waals surface area contributed by atoms with E-state index in [9.17, 15) is 0 Å². The van der Waals surface area contributed by atoms with E-state index in [0.717, 1.165) is 33.9 Å². The molecule has 9 aromatic rings. The molecule has 0 saturated heterocycles. The number of benzene rings is 6. The Balaban J connectivity index is 1.27. The van der Waals surface area contributed by atoms with Crippen molar-refractivity contribution in [2.75, 3.05) is 4.90 Å². The molecule has 0 N–H and O–H groups in total. The molecule has 0 atom stereocenters. The Labute approximate surface area is 348 Å². The molecule has 0 amide bonds. The largest absolute Gasteiger partial charge is 0.309 e. The van der Waals surface area contributed by atoms with Crippen LogP contribution in [0.3, 0.4) is 0 Å². The predicted octanol–water partition coefficient (Wildman–Crippen LogP) is 15.0. The monoisotopic (exact) mass is 772 g/mol. The van der Waals surface area contributed by atoms with E-state index >= 15 is 0 Å². The van der Waals surface area contributed by atoms with Crippen LogP contribution < -0.4 is 4.90 Å². The summed E-state index contributed by atoms with van der Waals surface area (Å²) in [5.41, 5.74) is 16.7. The zero-order chi connectivity index (χ0) is 41.2. The van der Waals surface area contributed by atoms with Gasteiger partial charge < -0.3 is 4.90 Å². The zero-order valence-corrected chi connectivity index (χ0v) is 35.8. The Kier molecular flexibility index (Phi) is 9.51. The summed E-state index contributed by atoms with van der Waals surface area (Å²) in [5, 5.41) is 2.40. The van der Waals surface area contributed by atoms with Crippen LogP contribution in [0.4, 0.5) is 17.1 Å². The van der Waals surface area contributed by atoms with Crippen molar-refractivity contribution in [1.82, 2.24) is 18.7 Å². The molecule has 5 heteroatoms. The van der Waals surface area contributed by atoms with E-state index < -0.39 is 0 Å². The van der Waals surface area contributed by atoms with Crippen molar-refractivity contribution >= 4 is 49.9 Å². The number of pyridine rings is 1. The first-order valence-corrected chi connectivity index (χ1v) is 21.0. The fraction of sp³-hybridized carbons (Fsp3) is 0.222. The van der Waals surface area contributed by atoms with Crippen molar-refractivity contribution < 1.29 is 0 Å². The first-order chi connectivity index (χ1) is 28.4. The van der Waals surface area contributed by atoms with E-state index in [1.54, 1.807) is 0 Å². The molecule has 0 radical (unpaired) electrons. The van der Waals surface area contributed by atoms with Gasteiger partial charge in [0, 0.05) is 46.9 Å². The molecule has 59 heavy (non-hydrogen) atoms. The molecular weight excluding hydrogens is 719 g/mol. The summed E-state index contributed by atoms with van der Waals surface area (Å²) in [6.07, 6.45) is 4.24. The summed E-state index contributed by atoms with van der Waals surface area (Å²) in [4.78, 5) is 7.55. The number of imidazole rings is 1.